The lowest BCUT2D eigenvalue weighted by Gasteiger charge is -2.24. The third kappa shape index (κ3) is 8.74. The first-order chi connectivity index (χ1) is 18.8. The summed E-state index contributed by atoms with van der Waals surface area (Å²) in [5, 5.41) is 18.2. The van der Waals surface area contributed by atoms with E-state index in [4.69, 9.17) is 11.6 Å². The maximum Gasteiger partial charge on any atom is 0.416 e. The third-order valence-corrected chi connectivity index (χ3v) is 6.16. The Morgan fingerprint density at radius 1 is 0.875 bits per heavy atom. The van der Waals surface area contributed by atoms with Crippen molar-refractivity contribution in [1.82, 2.24) is 10.6 Å². The van der Waals surface area contributed by atoms with Crippen LogP contribution in [0, 0.1) is 5.92 Å². The highest BCUT2D eigenvalue weighted by Gasteiger charge is 2.31. The summed E-state index contributed by atoms with van der Waals surface area (Å²) >= 11 is 5.97. The number of carbonyl (C=O) groups is 3. The molecule has 2 atom stereocenters. The number of halogens is 4. The lowest BCUT2D eigenvalue weighted by Crippen LogP contribution is -2.53. The first-order valence-corrected chi connectivity index (χ1v) is 12.8. The molecule has 0 heterocycles. The van der Waals surface area contributed by atoms with Gasteiger partial charge in [-0.05, 0) is 60.4 Å². The van der Waals surface area contributed by atoms with Gasteiger partial charge in [0.15, 0.2) is 0 Å². The minimum atomic E-state index is -4.52. The van der Waals surface area contributed by atoms with Gasteiger partial charge in [-0.1, -0.05) is 55.8 Å². The highest BCUT2D eigenvalue weighted by Crippen LogP contribution is 2.30. The summed E-state index contributed by atoms with van der Waals surface area (Å²) in [4.78, 5) is 39.5. The molecule has 3 aromatic carbocycles. The Bertz CT molecular complexity index is 1330. The van der Waals surface area contributed by atoms with Crippen molar-refractivity contribution in [2.24, 2.45) is 5.92 Å². The maximum absolute atomic E-state index is 13.5. The van der Waals surface area contributed by atoms with Gasteiger partial charge in [0, 0.05) is 17.1 Å². The number of phenolic OH excluding ortho intramolecular Hbond substituents is 1. The number of benzene rings is 3. The topological polar surface area (TPSA) is 108 Å². The predicted octanol–water partition coefficient (Wildman–Crippen LogP) is 5.58. The first kappa shape index (κ1) is 30.5. The van der Waals surface area contributed by atoms with E-state index in [1.54, 1.807) is 30.3 Å². The van der Waals surface area contributed by atoms with Gasteiger partial charge in [-0.15, -0.1) is 0 Å². The van der Waals surface area contributed by atoms with Crippen LogP contribution in [0.2, 0.25) is 5.02 Å². The zero-order valence-corrected chi connectivity index (χ0v) is 22.5. The molecule has 7 nitrogen and oxygen atoms in total. The quantitative estimate of drug-likeness (QED) is 0.253. The van der Waals surface area contributed by atoms with E-state index in [-0.39, 0.29) is 40.8 Å². The van der Waals surface area contributed by atoms with E-state index >= 15 is 0 Å². The number of nitrogens with one attached hydrogen (secondary N) is 3. The molecular weight excluding hydrogens is 547 g/mol. The Kier molecular flexibility index (Phi) is 10.2. The number of carbonyl (C=O) groups excluding carboxylic acids is 3. The molecule has 4 N–H and O–H groups in total. The number of alkyl halides is 3. The maximum atomic E-state index is 13.5. The number of phenols is 1. The van der Waals surface area contributed by atoms with Crippen molar-refractivity contribution in [3.63, 3.8) is 0 Å². The van der Waals surface area contributed by atoms with Gasteiger partial charge in [0.1, 0.15) is 17.8 Å². The van der Waals surface area contributed by atoms with Crippen molar-refractivity contribution in [2.45, 2.75) is 44.9 Å². The van der Waals surface area contributed by atoms with E-state index in [1.807, 2.05) is 13.8 Å². The lowest BCUT2D eigenvalue weighted by atomic mass is 10.0. The molecule has 11 heteroatoms. The van der Waals surface area contributed by atoms with Crippen LogP contribution in [-0.2, 0) is 22.2 Å². The third-order valence-electron chi connectivity index (χ3n) is 5.93. The fraction of sp³-hybridized carbons (Fsp3) is 0.276. The zero-order chi connectivity index (χ0) is 29.4. The smallest absolute Gasteiger partial charge is 0.416 e. The van der Waals surface area contributed by atoms with Gasteiger partial charge < -0.3 is 21.1 Å². The lowest BCUT2D eigenvalue weighted by molar-refractivity contribution is -0.137. The number of anilines is 1. The standard InChI is InChI=1S/C29H29ClF3N3O4/c1-17(2)14-23(27(39)34-21-11-8-19(9-12-21)29(31,32)33)36-28(40)24(15-18-6-4-3-5-7-18)35-26(38)22-16-20(30)10-13-25(22)37/h3-13,16-17,23-24,37H,14-15H2,1-2H3,(H,34,39)(H,35,38)(H,36,40)/t23-,24-/m0/s1. The van der Waals surface area contributed by atoms with E-state index in [2.05, 4.69) is 16.0 Å². The molecule has 0 spiro atoms. The molecule has 0 radical (unpaired) electrons. The minimum absolute atomic E-state index is 0.0331. The zero-order valence-electron chi connectivity index (χ0n) is 21.8. The number of hydrogen-bond donors (Lipinski definition) is 4. The van der Waals surface area contributed by atoms with Crippen LogP contribution in [-0.4, -0.2) is 34.9 Å². The molecule has 0 saturated heterocycles. The summed E-state index contributed by atoms with van der Waals surface area (Å²) in [6.07, 6.45) is -4.22. The molecule has 3 rings (SSSR count). The first-order valence-electron chi connectivity index (χ1n) is 12.4. The molecule has 0 bridgehead atoms. The Labute approximate surface area is 234 Å². The van der Waals surface area contributed by atoms with Gasteiger partial charge >= 0.3 is 6.18 Å². The van der Waals surface area contributed by atoms with Gasteiger partial charge in [0.25, 0.3) is 5.91 Å². The predicted molar refractivity (Wildman–Crippen MR) is 146 cm³/mol. The van der Waals surface area contributed by atoms with Crippen LogP contribution in [0.25, 0.3) is 0 Å². The fourth-order valence-corrected chi connectivity index (χ4v) is 4.10. The van der Waals surface area contributed by atoms with Crippen LogP contribution in [0.5, 0.6) is 5.75 Å². The number of aromatic hydroxyl groups is 1. The van der Waals surface area contributed by atoms with E-state index in [1.165, 1.54) is 18.2 Å². The highest BCUT2D eigenvalue weighted by atomic mass is 35.5. The second-order valence-electron chi connectivity index (χ2n) is 9.63. The van der Waals surface area contributed by atoms with E-state index in [9.17, 15) is 32.7 Å². The monoisotopic (exact) mass is 575 g/mol. The molecule has 0 aliphatic heterocycles. The van der Waals surface area contributed by atoms with E-state index in [0.29, 0.717) is 0 Å². The molecule has 3 amide bonds. The van der Waals surface area contributed by atoms with Crippen molar-refractivity contribution < 1.29 is 32.7 Å². The van der Waals surface area contributed by atoms with Crippen molar-refractivity contribution in [3.8, 4) is 5.75 Å². The summed E-state index contributed by atoms with van der Waals surface area (Å²) in [7, 11) is 0. The van der Waals surface area contributed by atoms with Gasteiger partial charge in [-0.3, -0.25) is 14.4 Å². The normalized spacial score (nSPS) is 12.9. The summed E-state index contributed by atoms with van der Waals surface area (Å²) in [6, 6.07) is 14.6. The molecule has 0 fully saturated rings. The summed E-state index contributed by atoms with van der Waals surface area (Å²) < 4.78 is 38.7. The number of rotatable bonds is 10. The Morgan fingerprint density at radius 2 is 1.52 bits per heavy atom. The molecule has 0 aromatic heterocycles. The van der Waals surface area contributed by atoms with Crippen molar-refractivity contribution in [1.29, 1.82) is 0 Å². The van der Waals surface area contributed by atoms with Crippen molar-refractivity contribution in [2.75, 3.05) is 5.32 Å². The van der Waals surface area contributed by atoms with Crippen LogP contribution in [0.4, 0.5) is 18.9 Å². The van der Waals surface area contributed by atoms with E-state index in [0.717, 1.165) is 29.8 Å². The second kappa shape index (κ2) is 13.3. The average molecular weight is 576 g/mol. The van der Waals surface area contributed by atoms with Gasteiger partial charge in [-0.2, -0.15) is 13.2 Å². The van der Waals surface area contributed by atoms with E-state index < -0.39 is 41.5 Å². The van der Waals surface area contributed by atoms with Crippen LogP contribution in [0.3, 0.4) is 0 Å². The Morgan fingerprint density at radius 3 is 2.12 bits per heavy atom. The summed E-state index contributed by atoms with van der Waals surface area (Å²) in [5.74, 6) is -2.39. The minimum Gasteiger partial charge on any atom is -0.507 e. The van der Waals surface area contributed by atoms with Gasteiger partial charge in [0.2, 0.25) is 11.8 Å². The molecular formula is C29H29ClF3N3O4. The van der Waals surface area contributed by atoms with Crippen molar-refractivity contribution >= 4 is 35.0 Å². The second-order valence-corrected chi connectivity index (χ2v) is 10.1. The Balaban J connectivity index is 1.81. The highest BCUT2D eigenvalue weighted by molar-refractivity contribution is 6.31. The summed E-state index contributed by atoms with van der Waals surface area (Å²) in [6.45, 7) is 3.69. The van der Waals surface area contributed by atoms with Crippen LogP contribution < -0.4 is 16.0 Å². The largest absolute Gasteiger partial charge is 0.507 e. The number of amides is 3. The SMILES string of the molecule is CC(C)C[C@H](NC(=O)[C@H](Cc1ccccc1)NC(=O)c1cc(Cl)ccc1O)C(=O)Nc1ccc(C(F)(F)F)cc1. The number of hydrogen-bond acceptors (Lipinski definition) is 4. The average Bonchev–Trinajstić information content (AvgIpc) is 2.89. The van der Waals surface area contributed by atoms with Crippen LogP contribution in [0.1, 0.15) is 41.8 Å². The molecule has 0 aliphatic rings. The molecule has 0 aliphatic carbocycles. The van der Waals surface area contributed by atoms with Crippen LogP contribution in [0.15, 0.2) is 72.8 Å². The molecule has 0 unspecified atom stereocenters. The fourth-order valence-electron chi connectivity index (χ4n) is 3.93. The molecule has 3 aromatic rings. The summed E-state index contributed by atoms with van der Waals surface area (Å²) in [5.41, 5.74) is -0.126. The van der Waals surface area contributed by atoms with Crippen LogP contribution >= 0.6 is 11.6 Å². The molecule has 40 heavy (non-hydrogen) atoms. The van der Waals surface area contributed by atoms with Gasteiger partial charge in [-0.25, -0.2) is 0 Å². The molecule has 212 valence electrons. The Hall–Kier alpha value is -4.05. The van der Waals surface area contributed by atoms with Gasteiger partial charge in [0.05, 0.1) is 11.1 Å². The molecule has 0 saturated carbocycles. The van der Waals surface area contributed by atoms with Crippen molar-refractivity contribution in [3.05, 3.63) is 94.5 Å².